The Labute approximate surface area is 222 Å². The van der Waals surface area contributed by atoms with Crippen LogP contribution in [0.15, 0.2) is 41.8 Å². The largest absolute Gasteiger partial charge is 0.488 e. The summed E-state index contributed by atoms with van der Waals surface area (Å²) in [6.45, 7) is 9.25. The Balaban J connectivity index is 1.24. The molecule has 2 N–H and O–H groups in total. The number of aromatic nitrogens is 1. The maximum absolute atomic E-state index is 11.3. The standard InChI is InChI=1S/C29H35N3O4S/c1-19-3-8-27(36-17-23-5-4-21(14-20(23)2)16-32-9-11-35-12-10-32)25(13-19)26-18-37-29(31-26)30-24-7-6-22(15-24)28(33)34/h3-5,8,13-14,18,22,24H,6-7,9-12,15-17H2,1-2H3,(H,30,31)(H,33,34). The van der Waals surface area contributed by atoms with Crippen molar-refractivity contribution in [1.82, 2.24) is 9.88 Å². The molecule has 7 nitrogen and oxygen atoms in total. The van der Waals surface area contributed by atoms with Crippen molar-refractivity contribution in [2.24, 2.45) is 5.92 Å². The van der Waals surface area contributed by atoms with Crippen molar-refractivity contribution >= 4 is 22.4 Å². The van der Waals surface area contributed by atoms with E-state index in [4.69, 9.17) is 14.5 Å². The monoisotopic (exact) mass is 521 g/mol. The van der Waals surface area contributed by atoms with Crippen LogP contribution in [0.2, 0.25) is 0 Å². The summed E-state index contributed by atoms with van der Waals surface area (Å²) >= 11 is 1.55. The van der Waals surface area contributed by atoms with Gasteiger partial charge in [0.1, 0.15) is 12.4 Å². The van der Waals surface area contributed by atoms with Gasteiger partial charge in [-0.2, -0.15) is 0 Å². The Bertz CT molecular complexity index is 1240. The molecule has 2 fully saturated rings. The van der Waals surface area contributed by atoms with E-state index in [1.54, 1.807) is 11.3 Å². The van der Waals surface area contributed by atoms with Gasteiger partial charge in [0.2, 0.25) is 0 Å². The predicted molar refractivity (Wildman–Crippen MR) is 146 cm³/mol. The highest BCUT2D eigenvalue weighted by Gasteiger charge is 2.30. The van der Waals surface area contributed by atoms with Crippen LogP contribution < -0.4 is 10.1 Å². The van der Waals surface area contributed by atoms with Crippen molar-refractivity contribution in [3.05, 3.63) is 64.0 Å². The highest BCUT2D eigenvalue weighted by atomic mass is 32.1. The highest BCUT2D eigenvalue weighted by Crippen LogP contribution is 2.35. The Hall–Kier alpha value is -2.94. The minimum atomic E-state index is -0.701. The number of rotatable bonds is 9. The second kappa shape index (κ2) is 11.6. The van der Waals surface area contributed by atoms with Crippen molar-refractivity contribution in [2.75, 3.05) is 31.6 Å². The van der Waals surface area contributed by atoms with E-state index in [2.05, 4.69) is 54.4 Å². The molecule has 0 spiro atoms. The van der Waals surface area contributed by atoms with Crippen LogP contribution in [-0.4, -0.2) is 53.3 Å². The van der Waals surface area contributed by atoms with Gasteiger partial charge in [0.25, 0.3) is 0 Å². The van der Waals surface area contributed by atoms with E-state index in [0.29, 0.717) is 19.4 Å². The zero-order valence-corrected chi connectivity index (χ0v) is 22.4. The van der Waals surface area contributed by atoms with Gasteiger partial charge < -0.3 is 19.9 Å². The fraction of sp³-hybridized carbons (Fsp3) is 0.448. The van der Waals surface area contributed by atoms with Crippen LogP contribution in [0.25, 0.3) is 11.3 Å². The average molecular weight is 522 g/mol. The molecule has 2 heterocycles. The summed E-state index contributed by atoms with van der Waals surface area (Å²) in [4.78, 5) is 18.5. The number of aryl methyl sites for hydroxylation is 2. The molecule has 2 aromatic carbocycles. The summed E-state index contributed by atoms with van der Waals surface area (Å²) in [5.41, 5.74) is 6.72. The number of aliphatic carboxylic acids is 1. The Kier molecular flexibility index (Phi) is 8.08. The molecular formula is C29H35N3O4S. The fourth-order valence-corrected chi connectivity index (χ4v) is 5.93. The molecule has 8 heteroatoms. The summed E-state index contributed by atoms with van der Waals surface area (Å²) in [5, 5.41) is 15.6. The van der Waals surface area contributed by atoms with Gasteiger partial charge in [-0.3, -0.25) is 9.69 Å². The molecule has 3 aromatic rings. The Morgan fingerprint density at radius 2 is 2.03 bits per heavy atom. The van der Waals surface area contributed by atoms with E-state index in [0.717, 1.165) is 67.0 Å². The number of carbonyl (C=O) groups is 1. The lowest BCUT2D eigenvalue weighted by Crippen LogP contribution is -2.35. The first-order valence-electron chi connectivity index (χ1n) is 13.0. The molecule has 1 aliphatic heterocycles. The summed E-state index contributed by atoms with van der Waals surface area (Å²) in [7, 11) is 0. The second-order valence-electron chi connectivity index (χ2n) is 10.2. The molecular weight excluding hydrogens is 486 g/mol. The van der Waals surface area contributed by atoms with E-state index < -0.39 is 5.97 Å². The lowest BCUT2D eigenvalue weighted by atomic mass is 10.0. The quantitative estimate of drug-likeness (QED) is 0.384. The van der Waals surface area contributed by atoms with Crippen LogP contribution in [0.4, 0.5) is 5.13 Å². The molecule has 5 rings (SSSR count). The normalized spacial score (nSPS) is 20.2. The number of nitrogens with zero attached hydrogens (tertiary/aromatic N) is 2. The lowest BCUT2D eigenvalue weighted by Gasteiger charge is -2.26. The maximum atomic E-state index is 11.3. The third-order valence-corrected chi connectivity index (χ3v) is 8.10. The fourth-order valence-electron chi connectivity index (χ4n) is 5.14. The Morgan fingerprint density at radius 3 is 2.78 bits per heavy atom. The first kappa shape index (κ1) is 25.7. The summed E-state index contributed by atoms with van der Waals surface area (Å²) < 4.78 is 11.8. The molecule has 1 aromatic heterocycles. The van der Waals surface area contributed by atoms with E-state index in [1.165, 1.54) is 16.7 Å². The molecule has 1 saturated carbocycles. The van der Waals surface area contributed by atoms with Crippen molar-refractivity contribution in [3.8, 4) is 17.0 Å². The minimum absolute atomic E-state index is 0.155. The summed E-state index contributed by atoms with van der Waals surface area (Å²) in [6, 6.07) is 13.0. The topological polar surface area (TPSA) is 83.9 Å². The molecule has 0 bridgehead atoms. The molecule has 2 aliphatic rings. The van der Waals surface area contributed by atoms with Crippen LogP contribution in [0.1, 0.15) is 41.5 Å². The smallest absolute Gasteiger partial charge is 0.306 e. The molecule has 2 unspecified atom stereocenters. The van der Waals surface area contributed by atoms with Gasteiger partial charge in [0, 0.05) is 36.6 Å². The number of carboxylic acid groups (broad SMARTS) is 1. The molecule has 37 heavy (non-hydrogen) atoms. The highest BCUT2D eigenvalue weighted by molar-refractivity contribution is 7.14. The Morgan fingerprint density at radius 1 is 1.19 bits per heavy atom. The summed E-state index contributed by atoms with van der Waals surface area (Å²) in [6.07, 6.45) is 2.22. The number of anilines is 1. The van der Waals surface area contributed by atoms with Crippen molar-refractivity contribution in [3.63, 3.8) is 0 Å². The number of nitrogens with one attached hydrogen (secondary N) is 1. The third-order valence-electron chi connectivity index (χ3n) is 7.32. The minimum Gasteiger partial charge on any atom is -0.488 e. The van der Waals surface area contributed by atoms with Crippen molar-refractivity contribution in [1.29, 1.82) is 0 Å². The lowest BCUT2D eigenvalue weighted by molar-refractivity contribution is -0.141. The van der Waals surface area contributed by atoms with E-state index >= 15 is 0 Å². The van der Waals surface area contributed by atoms with Crippen LogP contribution in [0.3, 0.4) is 0 Å². The summed E-state index contributed by atoms with van der Waals surface area (Å²) in [5.74, 6) is -0.149. The van der Waals surface area contributed by atoms with E-state index in [9.17, 15) is 9.90 Å². The third kappa shape index (κ3) is 6.50. The number of thiazole rings is 1. The van der Waals surface area contributed by atoms with Gasteiger partial charge in [0.15, 0.2) is 5.13 Å². The maximum Gasteiger partial charge on any atom is 0.306 e. The van der Waals surface area contributed by atoms with Crippen LogP contribution in [-0.2, 0) is 22.7 Å². The SMILES string of the molecule is Cc1ccc(OCc2ccc(CN3CCOCC3)cc2C)c(-c2csc(NC3CCC(C(=O)O)C3)n2)c1. The van der Waals surface area contributed by atoms with Gasteiger partial charge in [-0.1, -0.05) is 29.8 Å². The number of ether oxygens (including phenoxy) is 2. The number of carboxylic acids is 1. The zero-order valence-electron chi connectivity index (χ0n) is 21.5. The molecule has 0 amide bonds. The van der Waals surface area contributed by atoms with Gasteiger partial charge in [-0.15, -0.1) is 11.3 Å². The predicted octanol–water partition coefficient (Wildman–Crippen LogP) is 5.50. The number of morpholine rings is 1. The number of hydrogen-bond donors (Lipinski definition) is 2. The molecule has 0 radical (unpaired) electrons. The van der Waals surface area contributed by atoms with Gasteiger partial charge >= 0.3 is 5.97 Å². The first-order valence-corrected chi connectivity index (χ1v) is 13.9. The molecule has 1 saturated heterocycles. The second-order valence-corrected chi connectivity index (χ2v) is 11.0. The van der Waals surface area contributed by atoms with Gasteiger partial charge in [0.05, 0.1) is 24.8 Å². The zero-order chi connectivity index (χ0) is 25.8. The number of hydrogen-bond acceptors (Lipinski definition) is 7. The molecule has 2 atom stereocenters. The van der Waals surface area contributed by atoms with E-state index in [-0.39, 0.29) is 12.0 Å². The molecule has 1 aliphatic carbocycles. The van der Waals surface area contributed by atoms with Crippen LogP contribution >= 0.6 is 11.3 Å². The van der Waals surface area contributed by atoms with Crippen molar-refractivity contribution < 1.29 is 19.4 Å². The van der Waals surface area contributed by atoms with Crippen LogP contribution in [0.5, 0.6) is 5.75 Å². The van der Waals surface area contributed by atoms with Crippen LogP contribution in [0, 0.1) is 19.8 Å². The van der Waals surface area contributed by atoms with E-state index in [1.807, 2.05) is 11.4 Å². The first-order chi connectivity index (χ1) is 17.9. The number of benzene rings is 2. The molecule has 196 valence electrons. The van der Waals surface area contributed by atoms with Gasteiger partial charge in [-0.05, 0) is 61.9 Å². The van der Waals surface area contributed by atoms with Crippen molar-refractivity contribution in [2.45, 2.75) is 52.3 Å². The van der Waals surface area contributed by atoms with Gasteiger partial charge in [-0.25, -0.2) is 4.98 Å². The average Bonchev–Trinajstić information content (AvgIpc) is 3.55.